The van der Waals surface area contributed by atoms with E-state index in [9.17, 15) is 0 Å². The number of imidazole rings is 1. The number of hydrogen-bond donors (Lipinski definition) is 1. The highest BCUT2D eigenvalue weighted by molar-refractivity contribution is 9.10. The molecule has 0 bridgehead atoms. The first-order valence-electron chi connectivity index (χ1n) is 3.44. The van der Waals surface area contributed by atoms with Crippen molar-refractivity contribution in [3.63, 3.8) is 0 Å². The van der Waals surface area contributed by atoms with Crippen LogP contribution in [-0.2, 0) is 0 Å². The van der Waals surface area contributed by atoms with Crippen molar-refractivity contribution in [1.82, 2.24) is 14.4 Å². The summed E-state index contributed by atoms with van der Waals surface area (Å²) < 4.78 is 2.52. The van der Waals surface area contributed by atoms with E-state index in [4.69, 9.17) is 5.73 Å². The van der Waals surface area contributed by atoms with Gasteiger partial charge in [0.25, 0.3) is 0 Å². The molecule has 0 aliphatic carbocycles. The molecule has 0 atom stereocenters. The third-order valence-corrected chi connectivity index (χ3v) is 2.13. The van der Waals surface area contributed by atoms with Crippen LogP contribution < -0.4 is 5.73 Å². The quantitative estimate of drug-likeness (QED) is 0.739. The molecule has 12 heavy (non-hydrogen) atoms. The summed E-state index contributed by atoms with van der Waals surface area (Å²) >= 11 is 3.31. The molecule has 0 saturated carbocycles. The summed E-state index contributed by atoms with van der Waals surface area (Å²) in [5.41, 5.74) is 7.32. The first-order valence-corrected chi connectivity index (χ1v) is 4.23. The minimum Gasteiger partial charge on any atom is -0.383 e. The lowest BCUT2D eigenvalue weighted by atomic mass is 10.5. The topological polar surface area (TPSA) is 56.2 Å². The first-order chi connectivity index (χ1) is 5.68. The molecule has 0 amide bonds. The van der Waals surface area contributed by atoms with Crippen LogP contribution in [0.5, 0.6) is 0 Å². The molecule has 0 aliphatic rings. The highest BCUT2D eigenvalue weighted by Gasteiger charge is 2.04. The van der Waals surface area contributed by atoms with E-state index in [0.717, 1.165) is 15.9 Å². The van der Waals surface area contributed by atoms with Gasteiger partial charge >= 0.3 is 0 Å². The van der Waals surface area contributed by atoms with E-state index in [1.165, 1.54) is 0 Å². The highest BCUT2D eigenvalue weighted by Crippen LogP contribution is 2.17. The Kier molecular flexibility index (Phi) is 1.54. The predicted octanol–water partition coefficient (Wildman–Crippen LogP) is 1.38. The zero-order valence-electron chi connectivity index (χ0n) is 6.45. The Bertz CT molecular complexity index is 434. The minimum atomic E-state index is 0.621. The lowest BCUT2D eigenvalue weighted by Gasteiger charge is -1.99. The smallest absolute Gasteiger partial charge is 0.171 e. The van der Waals surface area contributed by atoms with Crippen LogP contribution >= 0.6 is 15.9 Å². The summed E-state index contributed by atoms with van der Waals surface area (Å²) in [6.07, 6.45) is 3.46. The Morgan fingerprint density at radius 2 is 2.33 bits per heavy atom. The molecular weight excluding hydrogens is 220 g/mol. The fourth-order valence-corrected chi connectivity index (χ4v) is 1.66. The number of nitrogens with two attached hydrogens (primary N) is 1. The van der Waals surface area contributed by atoms with Crippen molar-refractivity contribution >= 4 is 27.4 Å². The number of halogens is 1. The van der Waals surface area contributed by atoms with Gasteiger partial charge in [-0.25, -0.2) is 9.97 Å². The van der Waals surface area contributed by atoms with Gasteiger partial charge in [0.15, 0.2) is 5.65 Å². The average molecular weight is 227 g/mol. The number of aryl methyl sites for hydroxylation is 1. The summed E-state index contributed by atoms with van der Waals surface area (Å²) in [5.74, 6) is 0.621. The van der Waals surface area contributed by atoms with E-state index >= 15 is 0 Å². The van der Waals surface area contributed by atoms with Gasteiger partial charge in [0.05, 0.1) is 11.9 Å². The summed E-state index contributed by atoms with van der Waals surface area (Å²) in [5, 5.41) is 0. The van der Waals surface area contributed by atoms with E-state index in [-0.39, 0.29) is 0 Å². The Morgan fingerprint density at radius 1 is 1.58 bits per heavy atom. The van der Waals surface area contributed by atoms with Gasteiger partial charge in [-0.2, -0.15) is 0 Å². The maximum Gasteiger partial charge on any atom is 0.171 e. The second-order valence-corrected chi connectivity index (χ2v) is 3.30. The number of anilines is 1. The van der Waals surface area contributed by atoms with Gasteiger partial charge in [0, 0.05) is 6.20 Å². The molecule has 2 aromatic heterocycles. The fourth-order valence-electron chi connectivity index (χ4n) is 1.08. The van der Waals surface area contributed by atoms with Crippen LogP contribution in [0.25, 0.3) is 5.65 Å². The van der Waals surface area contributed by atoms with Gasteiger partial charge in [-0.3, -0.25) is 4.40 Å². The number of nitrogen functional groups attached to an aromatic ring is 1. The molecule has 2 aromatic rings. The van der Waals surface area contributed by atoms with E-state index in [1.807, 2.05) is 13.1 Å². The van der Waals surface area contributed by atoms with Gasteiger partial charge in [0.2, 0.25) is 0 Å². The number of hydrogen-bond acceptors (Lipinski definition) is 3. The molecule has 0 radical (unpaired) electrons. The monoisotopic (exact) mass is 226 g/mol. The van der Waals surface area contributed by atoms with Crippen LogP contribution in [0.4, 0.5) is 5.82 Å². The van der Waals surface area contributed by atoms with Crippen LogP contribution in [0.15, 0.2) is 17.0 Å². The average Bonchev–Trinajstić information content (AvgIpc) is 2.33. The zero-order valence-corrected chi connectivity index (χ0v) is 8.04. The standard InChI is InChI=1S/C7H7BrN4/c1-4-3-12-5(9)2-10-7(12)6(8)11-4/h2-3H,9H2,1H3. The number of aromatic nitrogens is 3. The van der Waals surface area contributed by atoms with Gasteiger partial charge in [0.1, 0.15) is 10.4 Å². The Hall–Kier alpha value is -1.10. The maximum atomic E-state index is 5.67. The van der Waals surface area contributed by atoms with Crippen molar-refractivity contribution in [2.75, 3.05) is 5.73 Å². The van der Waals surface area contributed by atoms with Gasteiger partial charge < -0.3 is 5.73 Å². The summed E-state index contributed by atoms with van der Waals surface area (Å²) in [4.78, 5) is 8.28. The number of nitrogens with zero attached hydrogens (tertiary/aromatic N) is 3. The van der Waals surface area contributed by atoms with Gasteiger partial charge in [-0.05, 0) is 22.9 Å². The maximum absolute atomic E-state index is 5.67. The van der Waals surface area contributed by atoms with Crippen molar-refractivity contribution in [3.05, 3.63) is 22.7 Å². The second-order valence-electron chi connectivity index (χ2n) is 2.55. The third kappa shape index (κ3) is 0.972. The van der Waals surface area contributed by atoms with Crippen LogP contribution in [0.2, 0.25) is 0 Å². The number of rotatable bonds is 0. The molecule has 0 spiro atoms. The minimum absolute atomic E-state index is 0.621. The van der Waals surface area contributed by atoms with E-state index < -0.39 is 0 Å². The molecule has 2 N–H and O–H groups in total. The van der Waals surface area contributed by atoms with Crippen molar-refractivity contribution in [2.24, 2.45) is 0 Å². The molecule has 5 heteroatoms. The second kappa shape index (κ2) is 2.45. The van der Waals surface area contributed by atoms with Crippen LogP contribution in [0, 0.1) is 6.92 Å². The van der Waals surface area contributed by atoms with Crippen LogP contribution in [0.1, 0.15) is 5.69 Å². The Labute approximate surface area is 77.6 Å². The Balaban J connectivity index is 2.92. The predicted molar refractivity (Wildman–Crippen MR) is 49.8 cm³/mol. The molecular formula is C7H7BrN4. The molecule has 0 unspecified atom stereocenters. The van der Waals surface area contributed by atoms with Gasteiger partial charge in [-0.15, -0.1) is 0 Å². The van der Waals surface area contributed by atoms with E-state index in [1.54, 1.807) is 10.6 Å². The van der Waals surface area contributed by atoms with Crippen LogP contribution in [-0.4, -0.2) is 14.4 Å². The van der Waals surface area contributed by atoms with Crippen molar-refractivity contribution in [2.45, 2.75) is 6.92 Å². The zero-order chi connectivity index (χ0) is 8.72. The normalized spacial score (nSPS) is 10.8. The first kappa shape index (κ1) is 7.54. The molecule has 0 saturated heterocycles. The lowest BCUT2D eigenvalue weighted by Crippen LogP contribution is -1.96. The Morgan fingerprint density at radius 3 is 3.08 bits per heavy atom. The van der Waals surface area contributed by atoms with Gasteiger partial charge in [-0.1, -0.05) is 0 Å². The SMILES string of the molecule is Cc1cn2c(N)cnc2c(Br)n1. The van der Waals surface area contributed by atoms with Crippen molar-refractivity contribution in [1.29, 1.82) is 0 Å². The highest BCUT2D eigenvalue weighted by atomic mass is 79.9. The summed E-state index contributed by atoms with van der Waals surface area (Å²) in [6.45, 7) is 1.91. The molecule has 4 nitrogen and oxygen atoms in total. The molecule has 62 valence electrons. The molecule has 0 fully saturated rings. The molecule has 0 aromatic carbocycles. The lowest BCUT2D eigenvalue weighted by molar-refractivity contribution is 1.05. The molecule has 2 rings (SSSR count). The number of fused-ring (bicyclic) bond motifs is 1. The molecule has 0 aliphatic heterocycles. The summed E-state index contributed by atoms with van der Waals surface area (Å²) in [7, 11) is 0. The van der Waals surface area contributed by atoms with Crippen molar-refractivity contribution < 1.29 is 0 Å². The molecule has 2 heterocycles. The van der Waals surface area contributed by atoms with E-state index in [0.29, 0.717) is 5.82 Å². The van der Waals surface area contributed by atoms with E-state index in [2.05, 4.69) is 25.9 Å². The fraction of sp³-hybridized carbons (Fsp3) is 0.143. The largest absolute Gasteiger partial charge is 0.383 e. The summed E-state index contributed by atoms with van der Waals surface area (Å²) in [6, 6.07) is 0. The third-order valence-electron chi connectivity index (χ3n) is 1.60. The van der Waals surface area contributed by atoms with Crippen LogP contribution in [0.3, 0.4) is 0 Å². The van der Waals surface area contributed by atoms with Crippen molar-refractivity contribution in [3.8, 4) is 0 Å².